The van der Waals surface area contributed by atoms with E-state index >= 15 is 26.3 Å². The van der Waals surface area contributed by atoms with E-state index in [2.05, 4.69) is 15.1 Å². The number of halogens is 6. The van der Waals surface area contributed by atoms with Gasteiger partial charge in [0.15, 0.2) is 18.4 Å². The van der Waals surface area contributed by atoms with Gasteiger partial charge < -0.3 is 59.1 Å². The molecule has 6 saturated heterocycles. The van der Waals surface area contributed by atoms with Crippen molar-refractivity contribution < 1.29 is 64.6 Å². The molecule has 0 bridgehead atoms. The number of hydrogen-bond donors (Lipinski definition) is 3. The molecule has 0 amide bonds. The maximum Gasteiger partial charge on any atom is 0.319 e. The summed E-state index contributed by atoms with van der Waals surface area (Å²) >= 11 is 0. The Hall–Kier alpha value is -8.68. The van der Waals surface area contributed by atoms with Gasteiger partial charge in [-0.2, -0.15) is 19.9 Å². The number of phenols is 1. The fourth-order valence-corrected chi connectivity index (χ4v) is 16.8. The van der Waals surface area contributed by atoms with Gasteiger partial charge in [0.2, 0.25) is 0 Å². The lowest BCUT2D eigenvalue weighted by molar-refractivity contribution is 0.0512. The molecule has 4 atom stereocenters. The molecule has 0 spiro atoms. The van der Waals surface area contributed by atoms with Crippen LogP contribution in [0.3, 0.4) is 0 Å². The molecule has 24 heteroatoms. The molecule has 6 aliphatic heterocycles. The van der Waals surface area contributed by atoms with Crippen LogP contribution in [0.2, 0.25) is 0 Å². The summed E-state index contributed by atoms with van der Waals surface area (Å²) in [7, 11) is 3.03. The Kier molecular flexibility index (Phi) is 18.6. The van der Waals surface area contributed by atoms with E-state index < -0.39 is 52.4 Å². The van der Waals surface area contributed by atoms with Crippen LogP contribution in [0.15, 0.2) is 72.8 Å². The number of nitrogens with zero attached hydrogens (tertiary/aromatic N) is 8. The second-order valence-corrected chi connectivity index (χ2v) is 27.3. The molecule has 100 heavy (non-hydrogen) atoms. The number of hydrogen-bond acceptors (Lipinski definition) is 18. The monoisotopic (exact) mass is 1380 g/mol. The zero-order valence-electron chi connectivity index (χ0n) is 56.7. The number of aryl methyl sites for hydroxylation is 2. The number of fused-ring (bicyclic) bond motifs is 6. The summed E-state index contributed by atoms with van der Waals surface area (Å²) in [6.07, 6.45) is 2.82. The van der Waals surface area contributed by atoms with Gasteiger partial charge in [0.05, 0.1) is 42.5 Å². The maximum absolute atomic E-state index is 20.0. The van der Waals surface area contributed by atoms with Crippen LogP contribution in [0.5, 0.6) is 29.3 Å². The number of phenolic OH excluding ortho intramolecular Hbond substituents is 1. The van der Waals surface area contributed by atoms with Crippen LogP contribution < -0.4 is 39.8 Å². The molecule has 526 valence electrons. The summed E-state index contributed by atoms with van der Waals surface area (Å²) in [5.41, 5.74) is 6.63. The van der Waals surface area contributed by atoms with Crippen molar-refractivity contribution in [3.05, 3.63) is 113 Å². The fourth-order valence-electron chi connectivity index (χ4n) is 16.8. The molecule has 6 fully saturated rings. The molecule has 0 unspecified atom stereocenters. The first-order valence-corrected chi connectivity index (χ1v) is 34.9. The van der Waals surface area contributed by atoms with Gasteiger partial charge in [-0.15, -0.1) is 0 Å². The van der Waals surface area contributed by atoms with Gasteiger partial charge in [-0.05, 0) is 162 Å². The third-order valence-corrected chi connectivity index (χ3v) is 21.4. The van der Waals surface area contributed by atoms with Crippen molar-refractivity contribution in [1.29, 1.82) is 0 Å². The summed E-state index contributed by atoms with van der Waals surface area (Å²) in [5.74, 6) is -2.10. The smallest absolute Gasteiger partial charge is 0.319 e. The molecule has 15 rings (SSSR count). The number of nitrogens with two attached hydrogens (primary N) is 1. The van der Waals surface area contributed by atoms with E-state index in [1.807, 2.05) is 28.9 Å². The van der Waals surface area contributed by atoms with Crippen LogP contribution in [0.25, 0.3) is 76.7 Å². The Morgan fingerprint density at radius 3 is 1.83 bits per heavy atom. The highest BCUT2D eigenvalue weighted by Crippen LogP contribution is 2.56. The second-order valence-electron chi connectivity index (χ2n) is 27.3. The number of alkyl halides is 2. The summed E-state index contributed by atoms with van der Waals surface area (Å²) in [4.78, 5) is 28.3. The highest BCUT2D eigenvalue weighted by Gasteiger charge is 2.51. The average Bonchev–Trinajstić information content (AvgIpc) is 0.844. The third-order valence-electron chi connectivity index (χ3n) is 21.4. The first kappa shape index (κ1) is 67.2. The zero-order valence-corrected chi connectivity index (χ0v) is 56.7. The number of methoxy groups -OCH3 is 2. The van der Waals surface area contributed by atoms with Gasteiger partial charge in [-0.3, -0.25) is 9.80 Å². The summed E-state index contributed by atoms with van der Waals surface area (Å²) < 4.78 is 146. The topological polar surface area (TPSA) is 187 Å². The molecule has 0 aliphatic carbocycles. The number of aromatic nitrogens is 4. The number of aromatic hydroxyl groups is 1. The van der Waals surface area contributed by atoms with Gasteiger partial charge >= 0.3 is 12.0 Å². The first-order chi connectivity index (χ1) is 48.6. The summed E-state index contributed by atoms with van der Waals surface area (Å²) in [5, 5.41) is 19.0. The van der Waals surface area contributed by atoms with Crippen molar-refractivity contribution in [1.82, 2.24) is 29.7 Å². The molecular weight excluding hydrogens is 1290 g/mol. The normalized spacial score (nSPS) is 21.3. The van der Waals surface area contributed by atoms with Crippen molar-refractivity contribution in [3.8, 4) is 62.7 Å². The van der Waals surface area contributed by atoms with Gasteiger partial charge in [0, 0.05) is 112 Å². The number of anilines is 4. The molecular formula is C76H82F6N10O8. The molecule has 0 radical (unpaired) electrons. The van der Waals surface area contributed by atoms with Crippen molar-refractivity contribution in [2.45, 2.75) is 108 Å². The van der Waals surface area contributed by atoms with Crippen LogP contribution in [0, 0.1) is 23.3 Å². The average molecular weight is 1380 g/mol. The molecule has 18 nitrogen and oxygen atoms in total. The minimum atomic E-state index is -1.08. The van der Waals surface area contributed by atoms with E-state index in [1.165, 1.54) is 31.4 Å². The van der Waals surface area contributed by atoms with Crippen LogP contribution >= 0.6 is 0 Å². The van der Waals surface area contributed by atoms with Crippen molar-refractivity contribution in [2.24, 2.45) is 0 Å². The highest BCUT2D eigenvalue weighted by atomic mass is 19.2. The van der Waals surface area contributed by atoms with Crippen LogP contribution in [0.4, 0.5) is 49.4 Å². The Balaban J connectivity index is 1.04. The van der Waals surface area contributed by atoms with E-state index in [1.54, 1.807) is 50.4 Å². The number of nitrogen functional groups attached to an aromatic ring is 1. The van der Waals surface area contributed by atoms with E-state index in [0.29, 0.717) is 99.6 Å². The van der Waals surface area contributed by atoms with Crippen molar-refractivity contribution in [2.75, 3.05) is 134 Å². The third kappa shape index (κ3) is 12.1. The lowest BCUT2D eigenvalue weighted by Crippen LogP contribution is -2.43. The largest absolute Gasteiger partial charge is 0.507 e. The van der Waals surface area contributed by atoms with Crippen LogP contribution in [-0.2, 0) is 33.6 Å². The van der Waals surface area contributed by atoms with E-state index in [9.17, 15) is 5.11 Å². The summed E-state index contributed by atoms with van der Waals surface area (Å²) in [6, 6.07) is 19.0. The Morgan fingerprint density at radius 1 is 0.590 bits per heavy atom. The van der Waals surface area contributed by atoms with Crippen LogP contribution in [0.1, 0.15) is 81.9 Å². The Labute approximate surface area is 575 Å². The summed E-state index contributed by atoms with van der Waals surface area (Å²) in [6.45, 7) is 8.38. The van der Waals surface area contributed by atoms with E-state index in [-0.39, 0.29) is 191 Å². The predicted octanol–water partition coefficient (Wildman–Crippen LogP) is 13.8. The molecule has 2 aromatic heterocycles. The van der Waals surface area contributed by atoms with Crippen molar-refractivity contribution >= 4 is 66.4 Å². The highest BCUT2D eigenvalue weighted by molar-refractivity contribution is 6.21. The second kappa shape index (κ2) is 27.7. The minimum Gasteiger partial charge on any atom is -0.507 e. The predicted molar refractivity (Wildman–Crippen MR) is 374 cm³/mol. The number of benzene rings is 7. The quantitative estimate of drug-likeness (QED) is 0.0371. The Morgan fingerprint density at radius 2 is 1.19 bits per heavy atom. The molecule has 4 N–H and O–H groups in total. The first-order valence-electron chi connectivity index (χ1n) is 34.9. The lowest BCUT2D eigenvalue weighted by atomic mass is 9.83. The van der Waals surface area contributed by atoms with E-state index in [4.69, 9.17) is 58.8 Å². The molecule has 7 aromatic carbocycles. The number of ether oxygens (including phenoxy) is 7. The maximum atomic E-state index is 20.0. The van der Waals surface area contributed by atoms with Gasteiger partial charge in [0.1, 0.15) is 77.1 Å². The zero-order chi connectivity index (χ0) is 69.1. The Bertz CT molecular complexity index is 4620. The molecule has 9 aromatic rings. The van der Waals surface area contributed by atoms with Gasteiger partial charge in [0.25, 0.3) is 0 Å². The van der Waals surface area contributed by atoms with E-state index in [0.717, 1.165) is 19.4 Å². The lowest BCUT2D eigenvalue weighted by Gasteiger charge is -2.31. The number of rotatable bonds is 20. The van der Waals surface area contributed by atoms with Crippen LogP contribution in [-0.4, -0.2) is 171 Å². The SMILES string of the molecule is CCc1c(F)ccc2cc(OCOC)cc(-c3c(NCc4ccc(OC)cc4)c(-c4c(O)cc(-c5c(N)cc6c(N7CCCOCC7)nc(OC[C@@]78CCCN7C[C@H](F)C8)nc6c5F)c5c(CC)c(F)ccc45)c4c(N5CCCOCC5)nc(OC[C@@]56CCCN5C[C@H](F)C6)nc4c3F)c12. The van der Waals surface area contributed by atoms with Gasteiger partial charge in [-0.1, -0.05) is 38.1 Å². The number of nitrogens with one attached hydrogen (secondary N) is 1. The standard InChI is InChI=1S/C76H82F6N10O8/c1-5-49-55(79)17-13-44-31-48(100-42-94-3)32-52(59(44)49)63-67(82)70-65(72(90-22-10-28-97-30-26-90)88-74(86-70)99-41-76-20-8-24-92(76)39-46(78)36-76)64(69(63)84-37-43-11-14-47(95-4)15-12-43)62-51-16-18-56(80)50(6-2)60(51)53(34-58(62)93)61-57(83)33-54-68(66(61)81)85-73(87-71(54)89-21-9-27-96-29-25-89)98-40-75-19-7-23-91(75)38-45(77)35-75/h11-18,31-34,45-46,84,93H,5-10,19-30,35-42,83H2,1-4H3/t45-,46-,75+,76+/m1/s1. The fraction of sp³-hybridized carbons (Fsp3) is 0.447. The van der Waals surface area contributed by atoms with Gasteiger partial charge in [-0.25, -0.2) is 26.3 Å². The minimum absolute atomic E-state index is 0.00484. The molecule has 8 heterocycles. The molecule has 0 saturated carbocycles. The van der Waals surface area contributed by atoms with Crippen molar-refractivity contribution in [3.63, 3.8) is 0 Å². The molecule has 6 aliphatic rings.